The Morgan fingerprint density at radius 2 is 2.23 bits per heavy atom. The lowest BCUT2D eigenvalue weighted by molar-refractivity contribution is -0.135. The van der Waals surface area contributed by atoms with E-state index < -0.39 is 5.54 Å². The Morgan fingerprint density at radius 1 is 1.45 bits per heavy atom. The minimum absolute atomic E-state index is 0.000203. The van der Waals surface area contributed by atoms with Gasteiger partial charge in [0.15, 0.2) is 0 Å². The van der Waals surface area contributed by atoms with E-state index in [9.17, 15) is 4.79 Å². The monoisotopic (exact) mass is 326 g/mol. The lowest BCUT2D eigenvalue weighted by Crippen LogP contribution is -2.57. The van der Waals surface area contributed by atoms with Gasteiger partial charge in [0.1, 0.15) is 11.3 Å². The second kappa shape index (κ2) is 7.31. The molecular weight excluding hydrogens is 304 g/mol. The first kappa shape index (κ1) is 17.1. The maximum Gasteiger partial charge on any atom is 0.242 e. The average molecular weight is 327 g/mol. The van der Waals surface area contributed by atoms with E-state index in [0.717, 1.165) is 30.7 Å². The van der Waals surface area contributed by atoms with Gasteiger partial charge in [0.25, 0.3) is 0 Å². The fourth-order valence-corrected chi connectivity index (χ4v) is 3.34. The van der Waals surface area contributed by atoms with Crippen molar-refractivity contribution in [3.05, 3.63) is 28.8 Å². The van der Waals surface area contributed by atoms with Crippen LogP contribution in [0, 0.1) is 0 Å². The summed E-state index contributed by atoms with van der Waals surface area (Å²) < 4.78 is 10.7. The van der Waals surface area contributed by atoms with Gasteiger partial charge in [-0.1, -0.05) is 17.7 Å². The number of hydrogen-bond acceptors (Lipinski definition) is 4. The van der Waals surface area contributed by atoms with Gasteiger partial charge in [-0.2, -0.15) is 0 Å². The molecule has 5 nitrogen and oxygen atoms in total. The summed E-state index contributed by atoms with van der Waals surface area (Å²) >= 11 is 6.01. The van der Waals surface area contributed by atoms with Gasteiger partial charge in [-0.05, 0) is 31.5 Å². The molecule has 1 aliphatic heterocycles. The molecule has 1 amide bonds. The number of likely N-dealkylation sites (tertiary alicyclic amines) is 1. The van der Waals surface area contributed by atoms with Crippen molar-refractivity contribution >= 4 is 17.5 Å². The number of halogens is 1. The van der Waals surface area contributed by atoms with Crippen molar-refractivity contribution in [2.45, 2.75) is 24.9 Å². The van der Waals surface area contributed by atoms with Gasteiger partial charge in [-0.15, -0.1) is 0 Å². The number of benzene rings is 1. The highest BCUT2D eigenvalue weighted by Crippen LogP contribution is 2.34. The van der Waals surface area contributed by atoms with Gasteiger partial charge in [0.05, 0.1) is 13.7 Å². The van der Waals surface area contributed by atoms with Crippen LogP contribution in [0.1, 0.15) is 18.4 Å². The van der Waals surface area contributed by atoms with Gasteiger partial charge in [0.2, 0.25) is 5.91 Å². The van der Waals surface area contributed by atoms with Crippen molar-refractivity contribution in [2.24, 2.45) is 0 Å². The zero-order chi connectivity index (χ0) is 16.2. The molecule has 0 saturated carbocycles. The van der Waals surface area contributed by atoms with E-state index in [2.05, 4.69) is 10.2 Å². The molecular formula is C16H23ClN2O3. The summed E-state index contributed by atoms with van der Waals surface area (Å²) in [7, 11) is 4.92. The minimum Gasteiger partial charge on any atom is -0.496 e. The summed E-state index contributed by atoms with van der Waals surface area (Å²) in [5, 5.41) is 3.41. The van der Waals surface area contributed by atoms with Crippen molar-refractivity contribution in [3.63, 3.8) is 0 Å². The number of likely N-dealkylation sites (N-methyl/N-ethyl adjacent to an activating group) is 1. The Balaban J connectivity index is 2.28. The SMILES string of the molecule is CNC(=O)C1(COC)CCCN1Cc1ccc(Cl)cc1OC. The van der Waals surface area contributed by atoms with Gasteiger partial charge >= 0.3 is 0 Å². The number of carbonyl (C=O) groups is 1. The van der Waals surface area contributed by atoms with Crippen LogP contribution in [0.15, 0.2) is 18.2 Å². The molecule has 1 aromatic rings. The molecule has 2 rings (SSSR count). The number of nitrogens with zero attached hydrogens (tertiary/aromatic N) is 1. The van der Waals surface area contributed by atoms with Crippen LogP contribution in [0.2, 0.25) is 5.02 Å². The van der Waals surface area contributed by atoms with Crippen LogP contribution < -0.4 is 10.1 Å². The third kappa shape index (κ3) is 3.21. The second-order valence-electron chi connectivity index (χ2n) is 5.52. The number of ether oxygens (including phenoxy) is 2. The Morgan fingerprint density at radius 3 is 2.86 bits per heavy atom. The van der Waals surface area contributed by atoms with E-state index in [1.165, 1.54) is 0 Å². The quantitative estimate of drug-likeness (QED) is 0.869. The first-order valence-corrected chi connectivity index (χ1v) is 7.74. The molecule has 1 aliphatic rings. The van der Waals surface area contributed by atoms with Crippen molar-refractivity contribution in [2.75, 3.05) is 34.4 Å². The van der Waals surface area contributed by atoms with Crippen LogP contribution in [-0.4, -0.2) is 50.8 Å². The Kier molecular flexibility index (Phi) is 5.67. The fourth-order valence-electron chi connectivity index (χ4n) is 3.18. The summed E-state index contributed by atoms with van der Waals surface area (Å²) in [6.45, 7) is 1.85. The molecule has 6 heteroatoms. The largest absolute Gasteiger partial charge is 0.496 e. The third-order valence-electron chi connectivity index (χ3n) is 4.27. The fraction of sp³-hybridized carbons (Fsp3) is 0.562. The van der Waals surface area contributed by atoms with Gasteiger partial charge < -0.3 is 14.8 Å². The molecule has 1 atom stereocenters. The van der Waals surface area contributed by atoms with Gasteiger partial charge in [-0.3, -0.25) is 9.69 Å². The van der Waals surface area contributed by atoms with E-state index in [0.29, 0.717) is 18.2 Å². The van der Waals surface area contributed by atoms with Crippen LogP contribution in [0.5, 0.6) is 5.75 Å². The van der Waals surface area contributed by atoms with Crippen LogP contribution in [-0.2, 0) is 16.1 Å². The van der Waals surface area contributed by atoms with Crippen LogP contribution in [0.4, 0.5) is 0 Å². The molecule has 22 heavy (non-hydrogen) atoms. The molecule has 1 heterocycles. The topological polar surface area (TPSA) is 50.8 Å². The van der Waals surface area contributed by atoms with E-state index in [-0.39, 0.29) is 5.91 Å². The summed E-state index contributed by atoms with van der Waals surface area (Å²) in [6, 6.07) is 5.58. The smallest absolute Gasteiger partial charge is 0.242 e. The number of nitrogens with one attached hydrogen (secondary N) is 1. The standard InChI is InChI=1S/C16H23ClN2O3/c1-18-15(20)16(11-21-2)7-4-8-19(16)10-12-5-6-13(17)9-14(12)22-3/h5-6,9H,4,7-8,10-11H2,1-3H3,(H,18,20). The Hall–Kier alpha value is -1.30. The number of amides is 1. The Labute approximate surface area is 136 Å². The Bertz CT molecular complexity index is 538. The van der Waals surface area contributed by atoms with Gasteiger partial charge in [0, 0.05) is 31.3 Å². The van der Waals surface area contributed by atoms with Gasteiger partial charge in [-0.25, -0.2) is 0 Å². The lowest BCUT2D eigenvalue weighted by Gasteiger charge is -2.36. The summed E-state index contributed by atoms with van der Waals surface area (Å²) in [6.07, 6.45) is 1.75. The first-order valence-electron chi connectivity index (χ1n) is 7.36. The minimum atomic E-state index is -0.617. The second-order valence-corrected chi connectivity index (χ2v) is 5.96. The lowest BCUT2D eigenvalue weighted by atomic mass is 9.95. The van der Waals surface area contributed by atoms with Crippen LogP contribution >= 0.6 is 11.6 Å². The summed E-state index contributed by atoms with van der Waals surface area (Å²) in [4.78, 5) is 14.6. The highest BCUT2D eigenvalue weighted by Gasteiger charge is 2.47. The molecule has 122 valence electrons. The summed E-state index contributed by atoms with van der Waals surface area (Å²) in [5.41, 5.74) is 0.395. The predicted octanol–water partition coefficient (Wildman–Crippen LogP) is 2.08. The number of carbonyl (C=O) groups excluding carboxylic acids is 1. The first-order chi connectivity index (χ1) is 10.6. The zero-order valence-electron chi connectivity index (χ0n) is 13.3. The molecule has 1 N–H and O–H groups in total. The van der Waals surface area contributed by atoms with E-state index in [1.54, 1.807) is 27.3 Å². The molecule has 1 fully saturated rings. The summed E-state index contributed by atoms with van der Waals surface area (Å²) in [5.74, 6) is 0.738. The molecule has 0 aliphatic carbocycles. The third-order valence-corrected chi connectivity index (χ3v) is 4.50. The molecule has 0 spiro atoms. The highest BCUT2D eigenvalue weighted by atomic mass is 35.5. The van der Waals surface area contributed by atoms with Crippen LogP contribution in [0.25, 0.3) is 0 Å². The highest BCUT2D eigenvalue weighted by molar-refractivity contribution is 6.30. The molecule has 1 saturated heterocycles. The van der Waals surface area contributed by atoms with E-state index in [1.807, 2.05) is 12.1 Å². The molecule has 0 bridgehead atoms. The molecule has 1 unspecified atom stereocenters. The van der Waals surface area contributed by atoms with Crippen molar-refractivity contribution in [3.8, 4) is 5.75 Å². The van der Waals surface area contributed by atoms with Crippen molar-refractivity contribution in [1.29, 1.82) is 0 Å². The maximum atomic E-state index is 12.5. The van der Waals surface area contributed by atoms with Crippen molar-refractivity contribution < 1.29 is 14.3 Å². The molecule has 0 aromatic heterocycles. The molecule has 1 aromatic carbocycles. The van der Waals surface area contributed by atoms with Crippen molar-refractivity contribution in [1.82, 2.24) is 10.2 Å². The average Bonchev–Trinajstić information content (AvgIpc) is 2.92. The maximum absolute atomic E-state index is 12.5. The predicted molar refractivity (Wildman–Crippen MR) is 86.3 cm³/mol. The van der Waals surface area contributed by atoms with E-state index >= 15 is 0 Å². The zero-order valence-corrected chi connectivity index (χ0v) is 14.1. The van der Waals surface area contributed by atoms with E-state index in [4.69, 9.17) is 21.1 Å². The van der Waals surface area contributed by atoms with Crippen LogP contribution in [0.3, 0.4) is 0 Å². The number of rotatable bonds is 6. The molecule has 0 radical (unpaired) electrons. The normalized spacial score (nSPS) is 21.8. The number of methoxy groups -OCH3 is 2. The number of hydrogen-bond donors (Lipinski definition) is 1.